The normalized spacial score (nSPS) is 21.2. The van der Waals surface area contributed by atoms with E-state index in [9.17, 15) is 9.18 Å². The topological polar surface area (TPSA) is 166 Å². The third kappa shape index (κ3) is 4.25. The van der Waals surface area contributed by atoms with Gasteiger partial charge < -0.3 is 26.1 Å². The SMILES string of the molecule is COc1ccc(-c2ccc(-c3cnn4c(N)c(C5CC5)c([C@@H]5C[C@H]6CC[C@@H](C5)N6C(=O)c5nnc(N)[nH]5)nc34)cn2)cc1F. The van der Waals surface area contributed by atoms with Crippen molar-refractivity contribution >= 4 is 23.3 Å². The Morgan fingerprint density at radius 3 is 2.41 bits per heavy atom. The maximum atomic E-state index is 14.3. The van der Waals surface area contributed by atoms with E-state index >= 15 is 0 Å². The van der Waals surface area contributed by atoms with Gasteiger partial charge in [0.15, 0.2) is 17.2 Å². The van der Waals surface area contributed by atoms with Gasteiger partial charge in [-0.25, -0.2) is 9.37 Å². The molecule has 3 fully saturated rings. The number of rotatable bonds is 6. The minimum Gasteiger partial charge on any atom is -0.494 e. The average molecular weight is 595 g/mol. The zero-order valence-corrected chi connectivity index (χ0v) is 24.1. The van der Waals surface area contributed by atoms with Crippen molar-refractivity contribution in [2.24, 2.45) is 0 Å². The maximum absolute atomic E-state index is 14.3. The number of nitrogens with zero attached hydrogens (tertiary/aromatic N) is 7. The number of hydrogen-bond donors (Lipinski definition) is 3. The van der Waals surface area contributed by atoms with E-state index in [4.69, 9.17) is 21.2 Å². The summed E-state index contributed by atoms with van der Waals surface area (Å²) in [7, 11) is 1.44. The van der Waals surface area contributed by atoms with Crippen molar-refractivity contribution in [1.82, 2.24) is 39.7 Å². The summed E-state index contributed by atoms with van der Waals surface area (Å²) in [5, 5.41) is 12.3. The molecular weight excluding hydrogens is 563 g/mol. The van der Waals surface area contributed by atoms with Crippen molar-refractivity contribution in [3.63, 3.8) is 0 Å². The minimum atomic E-state index is -0.441. The van der Waals surface area contributed by atoms with E-state index < -0.39 is 5.82 Å². The summed E-state index contributed by atoms with van der Waals surface area (Å²) >= 11 is 0. The van der Waals surface area contributed by atoms with Gasteiger partial charge in [0.25, 0.3) is 5.91 Å². The highest BCUT2D eigenvalue weighted by Crippen LogP contribution is 2.50. The van der Waals surface area contributed by atoms with Crippen LogP contribution in [0.2, 0.25) is 0 Å². The molecule has 1 aromatic carbocycles. The van der Waals surface area contributed by atoms with Crippen molar-refractivity contribution in [3.8, 4) is 28.1 Å². The Hall–Kier alpha value is -5.07. The predicted octanol–water partition coefficient (Wildman–Crippen LogP) is 4.32. The van der Waals surface area contributed by atoms with Gasteiger partial charge in [0.1, 0.15) is 5.82 Å². The Labute approximate surface area is 251 Å². The second kappa shape index (κ2) is 10.00. The number of amides is 1. The van der Waals surface area contributed by atoms with Crippen LogP contribution in [0.15, 0.2) is 42.7 Å². The number of piperidine rings is 1. The zero-order valence-electron chi connectivity index (χ0n) is 24.1. The lowest BCUT2D eigenvalue weighted by molar-refractivity contribution is 0.0557. The first-order valence-electron chi connectivity index (χ1n) is 14.9. The number of fused-ring (bicyclic) bond motifs is 3. The van der Waals surface area contributed by atoms with Gasteiger partial charge in [-0.05, 0) is 68.7 Å². The molecule has 4 aromatic heterocycles. The minimum absolute atomic E-state index is 0.0767. The first-order valence-corrected chi connectivity index (χ1v) is 14.9. The fraction of sp³-hybridized carbons (Fsp3) is 0.355. The largest absolute Gasteiger partial charge is 0.494 e. The number of carbonyl (C=O) groups is 1. The molecule has 5 N–H and O–H groups in total. The summed E-state index contributed by atoms with van der Waals surface area (Å²) in [4.78, 5) is 28.0. The van der Waals surface area contributed by atoms with E-state index in [1.54, 1.807) is 29.0 Å². The van der Waals surface area contributed by atoms with Crippen LogP contribution in [-0.4, -0.2) is 64.8 Å². The molecule has 2 bridgehead atoms. The number of anilines is 2. The van der Waals surface area contributed by atoms with Gasteiger partial charge in [0.2, 0.25) is 11.8 Å². The quantitative estimate of drug-likeness (QED) is 0.259. The third-order valence-corrected chi connectivity index (χ3v) is 9.32. The number of halogens is 1. The van der Waals surface area contributed by atoms with Gasteiger partial charge >= 0.3 is 0 Å². The Morgan fingerprint density at radius 1 is 1.00 bits per heavy atom. The second-order valence-corrected chi connectivity index (χ2v) is 12.0. The molecule has 1 amide bonds. The van der Waals surface area contributed by atoms with Crippen molar-refractivity contribution in [2.75, 3.05) is 18.6 Å². The monoisotopic (exact) mass is 594 g/mol. The molecule has 44 heavy (non-hydrogen) atoms. The van der Waals surface area contributed by atoms with Crippen molar-refractivity contribution in [1.29, 1.82) is 0 Å². The average Bonchev–Trinajstić information content (AvgIpc) is 3.52. The highest BCUT2D eigenvalue weighted by molar-refractivity contribution is 5.91. The zero-order chi connectivity index (χ0) is 30.1. The van der Waals surface area contributed by atoms with E-state index in [2.05, 4.69) is 25.3 Å². The molecule has 0 spiro atoms. The number of carbonyl (C=O) groups excluding carboxylic acids is 1. The molecule has 1 aliphatic carbocycles. The standard InChI is InChI=1S/C31H31FN10O2/c1-44-24-9-5-16(12-22(24)32)23-8-4-17(13-35-23)21-14-36-42-27(33)25(15-2-3-15)26(37-29(21)42)18-10-19-6-7-20(11-18)41(19)30(43)28-38-31(34)40-39-28/h4-5,8-9,12-15,18-20H,2-3,6-7,10-11,33H2,1H3,(H3,34,38,39,40)/t18-,19-,20+. The summed E-state index contributed by atoms with van der Waals surface area (Å²) in [5.41, 5.74) is 18.3. The lowest BCUT2D eigenvalue weighted by atomic mass is 9.85. The highest BCUT2D eigenvalue weighted by atomic mass is 19.1. The number of methoxy groups -OCH3 is 1. The van der Waals surface area contributed by atoms with Crippen LogP contribution in [0.1, 0.15) is 72.2 Å². The van der Waals surface area contributed by atoms with Crippen LogP contribution in [0.3, 0.4) is 0 Å². The number of hydrogen-bond acceptors (Lipinski definition) is 9. The van der Waals surface area contributed by atoms with Crippen LogP contribution in [-0.2, 0) is 0 Å². The van der Waals surface area contributed by atoms with E-state index in [1.807, 2.05) is 17.0 Å². The van der Waals surface area contributed by atoms with Crippen LogP contribution in [0.5, 0.6) is 5.75 Å². The highest BCUT2D eigenvalue weighted by Gasteiger charge is 2.46. The number of benzene rings is 1. The lowest BCUT2D eigenvalue weighted by Gasteiger charge is -2.39. The predicted molar refractivity (Wildman–Crippen MR) is 160 cm³/mol. The summed E-state index contributed by atoms with van der Waals surface area (Å²) in [6, 6.07) is 8.73. The second-order valence-electron chi connectivity index (χ2n) is 12.0. The summed E-state index contributed by atoms with van der Waals surface area (Å²) in [5.74, 6) is 1.06. The molecule has 224 valence electrons. The Bertz CT molecular complexity index is 1900. The number of H-pyrrole nitrogens is 1. The molecule has 13 heteroatoms. The fourth-order valence-corrected chi connectivity index (χ4v) is 7.13. The molecule has 8 rings (SSSR count). The van der Waals surface area contributed by atoms with Crippen LogP contribution in [0.25, 0.3) is 28.0 Å². The van der Waals surface area contributed by atoms with Crippen molar-refractivity contribution in [3.05, 3.63) is 65.6 Å². The molecule has 12 nitrogen and oxygen atoms in total. The van der Waals surface area contributed by atoms with Gasteiger partial charge in [0.05, 0.1) is 24.7 Å². The molecule has 3 aliphatic rings. The van der Waals surface area contributed by atoms with Crippen molar-refractivity contribution < 1.29 is 13.9 Å². The Balaban J connectivity index is 1.13. The van der Waals surface area contributed by atoms with Gasteiger partial charge in [-0.2, -0.15) is 9.61 Å². The van der Waals surface area contributed by atoms with Gasteiger partial charge in [0, 0.05) is 46.5 Å². The number of aromatic amines is 1. The van der Waals surface area contributed by atoms with Crippen molar-refractivity contribution in [2.45, 2.75) is 62.4 Å². The smallest absolute Gasteiger partial charge is 0.292 e. The van der Waals surface area contributed by atoms with Gasteiger partial charge in [-0.3, -0.25) is 9.78 Å². The molecule has 2 aliphatic heterocycles. The molecule has 1 saturated carbocycles. The first kappa shape index (κ1) is 26.5. The van der Waals surface area contributed by atoms with Gasteiger partial charge in [-0.15, -0.1) is 10.2 Å². The lowest BCUT2D eigenvalue weighted by Crippen LogP contribution is -2.46. The van der Waals surface area contributed by atoms with Crippen LogP contribution in [0, 0.1) is 5.82 Å². The number of ether oxygens (including phenoxy) is 1. The molecule has 0 radical (unpaired) electrons. The number of nitrogens with one attached hydrogen (secondary N) is 1. The van der Waals surface area contributed by atoms with Crippen LogP contribution in [0.4, 0.5) is 16.2 Å². The van der Waals surface area contributed by atoms with E-state index in [0.29, 0.717) is 28.6 Å². The van der Waals surface area contributed by atoms with E-state index in [-0.39, 0.29) is 41.4 Å². The van der Waals surface area contributed by atoms with E-state index in [1.165, 1.54) is 13.2 Å². The molecule has 3 atom stereocenters. The first-order chi connectivity index (χ1) is 21.4. The van der Waals surface area contributed by atoms with Crippen LogP contribution < -0.4 is 16.2 Å². The Morgan fingerprint density at radius 2 is 1.77 bits per heavy atom. The molecule has 0 unspecified atom stereocenters. The summed E-state index contributed by atoms with van der Waals surface area (Å²) in [6.45, 7) is 0. The molecule has 5 aromatic rings. The number of nitrogen functional groups attached to an aromatic ring is 2. The number of pyridine rings is 1. The molecular formula is C31H31FN10O2. The number of aromatic nitrogens is 7. The third-order valence-electron chi connectivity index (χ3n) is 9.32. The fourth-order valence-electron chi connectivity index (χ4n) is 7.13. The summed E-state index contributed by atoms with van der Waals surface area (Å²) in [6.07, 6.45) is 9.14. The molecule has 2 saturated heterocycles. The maximum Gasteiger partial charge on any atom is 0.292 e. The van der Waals surface area contributed by atoms with E-state index in [0.717, 1.165) is 60.9 Å². The number of nitrogens with two attached hydrogens (primary N) is 2. The molecule has 6 heterocycles. The summed E-state index contributed by atoms with van der Waals surface area (Å²) < 4.78 is 21.1. The van der Waals surface area contributed by atoms with Gasteiger partial charge in [-0.1, -0.05) is 6.07 Å². The van der Waals surface area contributed by atoms with Crippen LogP contribution >= 0.6 is 0 Å². The Kier molecular flexibility index (Phi) is 6.03.